The van der Waals surface area contributed by atoms with Crippen molar-refractivity contribution >= 4 is 34.8 Å². The van der Waals surface area contributed by atoms with Gasteiger partial charge in [0.1, 0.15) is 6.54 Å². The molecule has 0 unspecified atom stereocenters. The molecule has 0 spiro atoms. The summed E-state index contributed by atoms with van der Waals surface area (Å²) in [6, 6.07) is 14.8. The lowest BCUT2D eigenvalue weighted by atomic mass is 10.1. The third kappa shape index (κ3) is 3.58. The van der Waals surface area contributed by atoms with Crippen molar-refractivity contribution in [3.05, 3.63) is 59.1 Å². The fourth-order valence-corrected chi connectivity index (χ4v) is 2.79. The standard InChI is InChI=1S/C18H18ClN3O2/c1-12(13-6-8-14(19)9-7-13)20-10-18(24)22-11-17(23)21-15-4-2-3-5-16(15)22/h2-9,12,20H,10-11H2,1H3,(H,21,23)/t12-/m0/s1. The van der Waals surface area contributed by atoms with E-state index >= 15 is 0 Å². The topological polar surface area (TPSA) is 61.4 Å². The van der Waals surface area contributed by atoms with Crippen LogP contribution in [0.1, 0.15) is 18.5 Å². The molecule has 0 saturated carbocycles. The molecule has 3 rings (SSSR count). The summed E-state index contributed by atoms with van der Waals surface area (Å²) < 4.78 is 0. The van der Waals surface area contributed by atoms with Gasteiger partial charge in [0.05, 0.1) is 17.9 Å². The number of nitrogens with zero attached hydrogens (tertiary/aromatic N) is 1. The average Bonchev–Trinajstić information content (AvgIpc) is 2.59. The number of rotatable bonds is 4. The Kier molecular flexibility index (Phi) is 4.83. The van der Waals surface area contributed by atoms with Crippen molar-refractivity contribution in [2.45, 2.75) is 13.0 Å². The van der Waals surface area contributed by atoms with E-state index in [0.717, 1.165) is 11.3 Å². The zero-order valence-corrected chi connectivity index (χ0v) is 14.0. The van der Waals surface area contributed by atoms with E-state index in [1.54, 1.807) is 6.07 Å². The Morgan fingerprint density at radius 1 is 1.25 bits per heavy atom. The highest BCUT2D eigenvalue weighted by molar-refractivity contribution is 6.30. The number of hydrogen-bond donors (Lipinski definition) is 2. The molecule has 24 heavy (non-hydrogen) atoms. The minimum absolute atomic E-state index is 0.0000718. The molecule has 0 aromatic heterocycles. The van der Waals surface area contributed by atoms with Gasteiger partial charge in [-0.05, 0) is 36.8 Å². The third-order valence-corrected chi connectivity index (χ3v) is 4.25. The third-order valence-electron chi connectivity index (χ3n) is 4.00. The molecular formula is C18H18ClN3O2. The number of para-hydroxylation sites is 2. The van der Waals surface area contributed by atoms with Crippen LogP contribution in [0, 0.1) is 0 Å². The number of benzene rings is 2. The van der Waals surface area contributed by atoms with E-state index in [9.17, 15) is 9.59 Å². The second-order valence-electron chi connectivity index (χ2n) is 5.70. The van der Waals surface area contributed by atoms with E-state index in [1.165, 1.54) is 4.90 Å². The molecule has 0 bridgehead atoms. The van der Waals surface area contributed by atoms with Gasteiger partial charge in [0.2, 0.25) is 11.8 Å². The van der Waals surface area contributed by atoms with Crippen LogP contribution in [0.25, 0.3) is 0 Å². The number of carbonyl (C=O) groups excluding carboxylic acids is 2. The zero-order valence-electron chi connectivity index (χ0n) is 13.3. The van der Waals surface area contributed by atoms with Crippen LogP contribution >= 0.6 is 11.6 Å². The monoisotopic (exact) mass is 343 g/mol. The maximum atomic E-state index is 12.6. The predicted molar refractivity (Wildman–Crippen MR) is 95.3 cm³/mol. The van der Waals surface area contributed by atoms with E-state index in [1.807, 2.05) is 49.4 Å². The minimum Gasteiger partial charge on any atom is -0.323 e. The molecule has 1 aliphatic rings. The highest BCUT2D eigenvalue weighted by Crippen LogP contribution is 2.28. The number of fused-ring (bicyclic) bond motifs is 1. The lowest BCUT2D eigenvalue weighted by molar-refractivity contribution is -0.121. The summed E-state index contributed by atoms with van der Waals surface area (Å²) in [5, 5.41) is 6.65. The van der Waals surface area contributed by atoms with Gasteiger partial charge in [0.25, 0.3) is 0 Å². The Hall–Kier alpha value is -2.37. The Labute approximate surface area is 145 Å². The van der Waals surface area contributed by atoms with Crippen LogP contribution in [0.3, 0.4) is 0 Å². The highest BCUT2D eigenvalue weighted by atomic mass is 35.5. The van der Waals surface area contributed by atoms with Gasteiger partial charge in [-0.25, -0.2) is 0 Å². The molecule has 1 heterocycles. The highest BCUT2D eigenvalue weighted by Gasteiger charge is 2.26. The molecule has 124 valence electrons. The van der Waals surface area contributed by atoms with Crippen molar-refractivity contribution in [2.24, 2.45) is 0 Å². The van der Waals surface area contributed by atoms with Crippen LogP contribution in [-0.4, -0.2) is 24.9 Å². The Morgan fingerprint density at radius 2 is 1.96 bits per heavy atom. The number of halogens is 1. The molecular weight excluding hydrogens is 326 g/mol. The van der Waals surface area contributed by atoms with Gasteiger partial charge >= 0.3 is 0 Å². The number of carbonyl (C=O) groups is 2. The van der Waals surface area contributed by atoms with Crippen LogP contribution in [0.5, 0.6) is 0 Å². The summed E-state index contributed by atoms with van der Waals surface area (Å²) in [6.45, 7) is 2.16. The van der Waals surface area contributed by atoms with Crippen molar-refractivity contribution < 1.29 is 9.59 Å². The predicted octanol–water partition coefficient (Wildman–Crippen LogP) is 2.98. The fourth-order valence-electron chi connectivity index (χ4n) is 2.66. The minimum atomic E-state index is -0.187. The number of anilines is 2. The van der Waals surface area contributed by atoms with Crippen molar-refractivity contribution in [3.8, 4) is 0 Å². The van der Waals surface area contributed by atoms with Crippen LogP contribution in [0.2, 0.25) is 5.02 Å². The van der Waals surface area contributed by atoms with Crippen LogP contribution in [-0.2, 0) is 9.59 Å². The summed E-state index contributed by atoms with van der Waals surface area (Å²) >= 11 is 5.89. The largest absolute Gasteiger partial charge is 0.323 e. The first kappa shape index (κ1) is 16.5. The lowest BCUT2D eigenvalue weighted by Gasteiger charge is -2.29. The number of hydrogen-bond acceptors (Lipinski definition) is 3. The molecule has 2 N–H and O–H groups in total. The molecule has 5 nitrogen and oxygen atoms in total. The lowest BCUT2D eigenvalue weighted by Crippen LogP contribution is -2.46. The smallest absolute Gasteiger partial charge is 0.244 e. The van der Waals surface area contributed by atoms with Gasteiger partial charge in [-0.2, -0.15) is 0 Å². The van der Waals surface area contributed by atoms with Gasteiger partial charge in [-0.1, -0.05) is 35.9 Å². The molecule has 6 heteroatoms. The van der Waals surface area contributed by atoms with E-state index in [4.69, 9.17) is 11.6 Å². The van der Waals surface area contributed by atoms with Gasteiger partial charge in [-0.3, -0.25) is 14.5 Å². The van der Waals surface area contributed by atoms with E-state index in [-0.39, 0.29) is 30.9 Å². The molecule has 0 fully saturated rings. The van der Waals surface area contributed by atoms with E-state index < -0.39 is 0 Å². The molecule has 0 radical (unpaired) electrons. The van der Waals surface area contributed by atoms with Gasteiger partial charge in [0.15, 0.2) is 0 Å². The Balaban J connectivity index is 1.67. The van der Waals surface area contributed by atoms with Crippen LogP contribution < -0.4 is 15.5 Å². The van der Waals surface area contributed by atoms with Crippen LogP contribution in [0.15, 0.2) is 48.5 Å². The van der Waals surface area contributed by atoms with Crippen molar-refractivity contribution in [1.82, 2.24) is 5.32 Å². The SMILES string of the molecule is C[C@H](NCC(=O)N1CC(=O)Nc2ccccc21)c1ccc(Cl)cc1. The molecule has 2 amide bonds. The molecule has 2 aromatic carbocycles. The summed E-state index contributed by atoms with van der Waals surface area (Å²) in [5.41, 5.74) is 2.43. The Morgan fingerprint density at radius 3 is 2.71 bits per heavy atom. The molecule has 1 atom stereocenters. The first-order valence-corrected chi connectivity index (χ1v) is 8.10. The fraction of sp³-hybridized carbons (Fsp3) is 0.222. The second-order valence-corrected chi connectivity index (χ2v) is 6.14. The number of amides is 2. The first-order valence-electron chi connectivity index (χ1n) is 7.72. The second kappa shape index (κ2) is 7.03. The summed E-state index contributed by atoms with van der Waals surface area (Å²) in [6.07, 6.45) is 0. The molecule has 0 aliphatic carbocycles. The average molecular weight is 344 g/mol. The van der Waals surface area contributed by atoms with Gasteiger partial charge in [-0.15, -0.1) is 0 Å². The first-order chi connectivity index (χ1) is 11.5. The van der Waals surface area contributed by atoms with Gasteiger partial charge < -0.3 is 10.6 Å². The summed E-state index contributed by atoms with van der Waals surface area (Å²) in [4.78, 5) is 25.9. The quantitative estimate of drug-likeness (QED) is 0.897. The molecule has 2 aromatic rings. The molecule has 1 aliphatic heterocycles. The Bertz CT molecular complexity index is 761. The zero-order chi connectivity index (χ0) is 17.1. The van der Waals surface area contributed by atoms with E-state index in [2.05, 4.69) is 10.6 Å². The normalized spacial score (nSPS) is 14.8. The van der Waals surface area contributed by atoms with E-state index in [0.29, 0.717) is 10.7 Å². The van der Waals surface area contributed by atoms with Crippen molar-refractivity contribution in [2.75, 3.05) is 23.3 Å². The molecule has 0 saturated heterocycles. The van der Waals surface area contributed by atoms with Gasteiger partial charge in [0, 0.05) is 11.1 Å². The van der Waals surface area contributed by atoms with Crippen LogP contribution in [0.4, 0.5) is 11.4 Å². The van der Waals surface area contributed by atoms with Crippen molar-refractivity contribution in [1.29, 1.82) is 0 Å². The number of nitrogens with one attached hydrogen (secondary N) is 2. The maximum absolute atomic E-state index is 12.6. The summed E-state index contributed by atoms with van der Waals surface area (Å²) in [7, 11) is 0. The maximum Gasteiger partial charge on any atom is 0.244 e. The summed E-state index contributed by atoms with van der Waals surface area (Å²) in [5.74, 6) is -0.328. The van der Waals surface area contributed by atoms with Crippen molar-refractivity contribution in [3.63, 3.8) is 0 Å².